The lowest BCUT2D eigenvalue weighted by Crippen LogP contribution is -2.37. The number of hydrogen-bond donors (Lipinski definition) is 1. The van der Waals surface area contributed by atoms with Crippen LogP contribution in [0.3, 0.4) is 0 Å². The van der Waals surface area contributed by atoms with Crippen LogP contribution >= 0.6 is 0 Å². The Morgan fingerprint density at radius 1 is 1.24 bits per heavy atom. The highest BCUT2D eigenvalue weighted by Crippen LogP contribution is 2.10. The van der Waals surface area contributed by atoms with Crippen molar-refractivity contribution in [2.75, 3.05) is 13.1 Å². The van der Waals surface area contributed by atoms with E-state index in [0.717, 1.165) is 32.4 Å². The molecule has 1 aromatic carbocycles. The van der Waals surface area contributed by atoms with Crippen LogP contribution in [0.4, 0.5) is 4.79 Å². The molecule has 0 unspecified atom stereocenters. The first kappa shape index (κ1) is 12.0. The molecule has 1 heterocycles. The van der Waals surface area contributed by atoms with E-state index in [0.29, 0.717) is 6.54 Å². The molecule has 0 saturated carbocycles. The third kappa shape index (κ3) is 2.99. The average Bonchev–Trinajstić information content (AvgIpc) is 2.90. The molecule has 0 radical (unpaired) electrons. The number of aryl methyl sites for hydroxylation is 1. The smallest absolute Gasteiger partial charge is 0.317 e. The molecule has 2 rings (SSSR count). The number of amides is 2. The number of carbonyl (C=O) groups is 1. The summed E-state index contributed by atoms with van der Waals surface area (Å²) in [7, 11) is 0. The summed E-state index contributed by atoms with van der Waals surface area (Å²) in [5.74, 6) is 0. The summed E-state index contributed by atoms with van der Waals surface area (Å²) >= 11 is 0. The molecule has 1 saturated heterocycles. The van der Waals surface area contributed by atoms with E-state index < -0.39 is 0 Å². The predicted molar refractivity (Wildman–Crippen MR) is 68.9 cm³/mol. The monoisotopic (exact) mass is 232 g/mol. The van der Waals surface area contributed by atoms with Crippen LogP contribution in [-0.2, 0) is 13.0 Å². The van der Waals surface area contributed by atoms with Crippen LogP contribution in [0.5, 0.6) is 0 Å². The lowest BCUT2D eigenvalue weighted by Gasteiger charge is -2.17. The molecule has 1 aromatic rings. The summed E-state index contributed by atoms with van der Waals surface area (Å²) in [6.45, 7) is 4.59. The lowest BCUT2D eigenvalue weighted by atomic mass is 10.1. The number of rotatable bonds is 3. The van der Waals surface area contributed by atoms with Gasteiger partial charge in [0.2, 0.25) is 0 Å². The van der Waals surface area contributed by atoms with Crippen molar-refractivity contribution >= 4 is 6.03 Å². The first-order chi connectivity index (χ1) is 8.31. The summed E-state index contributed by atoms with van der Waals surface area (Å²) in [5, 5.41) is 3.00. The number of urea groups is 1. The predicted octanol–water partition coefficient (Wildman–Crippen LogP) is 2.55. The van der Waals surface area contributed by atoms with Gasteiger partial charge in [-0.1, -0.05) is 31.2 Å². The fourth-order valence-corrected chi connectivity index (χ4v) is 2.28. The Morgan fingerprint density at radius 2 is 1.88 bits per heavy atom. The molecule has 0 aromatic heterocycles. The maximum Gasteiger partial charge on any atom is 0.317 e. The van der Waals surface area contributed by atoms with Crippen molar-refractivity contribution in [2.45, 2.75) is 32.7 Å². The van der Waals surface area contributed by atoms with Gasteiger partial charge in [-0.2, -0.15) is 0 Å². The van der Waals surface area contributed by atoms with Gasteiger partial charge in [0, 0.05) is 19.6 Å². The molecule has 0 bridgehead atoms. The molecule has 92 valence electrons. The number of nitrogens with one attached hydrogen (secondary N) is 1. The van der Waals surface area contributed by atoms with Crippen LogP contribution in [0.15, 0.2) is 24.3 Å². The molecule has 0 atom stereocenters. The highest BCUT2D eigenvalue weighted by atomic mass is 16.2. The van der Waals surface area contributed by atoms with E-state index in [-0.39, 0.29) is 6.03 Å². The van der Waals surface area contributed by atoms with E-state index in [9.17, 15) is 4.79 Å². The zero-order valence-electron chi connectivity index (χ0n) is 10.4. The molecule has 1 fully saturated rings. The zero-order chi connectivity index (χ0) is 12.1. The third-order valence-electron chi connectivity index (χ3n) is 3.32. The molecule has 3 heteroatoms. The Bertz CT molecular complexity index is 384. The van der Waals surface area contributed by atoms with Crippen molar-refractivity contribution in [3.05, 3.63) is 35.4 Å². The quantitative estimate of drug-likeness (QED) is 0.853. The number of nitrogens with zero attached hydrogens (tertiary/aromatic N) is 1. The Labute approximate surface area is 103 Å². The Hall–Kier alpha value is -1.51. The van der Waals surface area contributed by atoms with Crippen molar-refractivity contribution in [3.63, 3.8) is 0 Å². The number of carbonyl (C=O) groups excluding carboxylic acids is 1. The third-order valence-corrected chi connectivity index (χ3v) is 3.32. The van der Waals surface area contributed by atoms with Crippen molar-refractivity contribution < 1.29 is 4.79 Å². The minimum absolute atomic E-state index is 0.0772. The van der Waals surface area contributed by atoms with E-state index in [4.69, 9.17) is 0 Å². The van der Waals surface area contributed by atoms with Gasteiger partial charge in [0.1, 0.15) is 0 Å². The van der Waals surface area contributed by atoms with Gasteiger partial charge in [-0.25, -0.2) is 4.79 Å². The summed E-state index contributed by atoms with van der Waals surface area (Å²) in [6.07, 6.45) is 3.29. The molecule has 0 spiro atoms. The van der Waals surface area contributed by atoms with Crippen molar-refractivity contribution in [2.24, 2.45) is 0 Å². The molecule has 3 nitrogen and oxygen atoms in total. The molecule has 1 aliphatic heterocycles. The number of hydrogen-bond acceptors (Lipinski definition) is 1. The van der Waals surface area contributed by atoms with Crippen molar-refractivity contribution in [1.82, 2.24) is 10.2 Å². The SMILES string of the molecule is CCc1ccccc1CNC(=O)N1CCCC1. The van der Waals surface area contributed by atoms with Crippen LogP contribution in [0.2, 0.25) is 0 Å². The Kier molecular flexibility index (Phi) is 4.02. The fourth-order valence-electron chi connectivity index (χ4n) is 2.28. The Morgan fingerprint density at radius 3 is 2.53 bits per heavy atom. The van der Waals surface area contributed by atoms with Gasteiger partial charge in [-0.15, -0.1) is 0 Å². The van der Waals surface area contributed by atoms with E-state index in [1.165, 1.54) is 11.1 Å². The van der Waals surface area contributed by atoms with Gasteiger partial charge in [0.05, 0.1) is 0 Å². The molecular formula is C14H20N2O. The zero-order valence-corrected chi connectivity index (χ0v) is 10.4. The van der Waals surface area contributed by atoms with Crippen molar-refractivity contribution in [3.8, 4) is 0 Å². The number of benzene rings is 1. The van der Waals surface area contributed by atoms with Gasteiger partial charge >= 0.3 is 6.03 Å². The first-order valence-electron chi connectivity index (χ1n) is 6.41. The molecule has 17 heavy (non-hydrogen) atoms. The van der Waals surface area contributed by atoms with Gasteiger partial charge in [-0.3, -0.25) is 0 Å². The fraction of sp³-hybridized carbons (Fsp3) is 0.500. The topological polar surface area (TPSA) is 32.3 Å². The second kappa shape index (κ2) is 5.71. The average molecular weight is 232 g/mol. The number of likely N-dealkylation sites (tertiary alicyclic amines) is 1. The lowest BCUT2D eigenvalue weighted by molar-refractivity contribution is 0.208. The van der Waals surface area contributed by atoms with Gasteiger partial charge < -0.3 is 10.2 Å². The van der Waals surface area contributed by atoms with E-state index in [1.54, 1.807) is 0 Å². The second-order valence-corrected chi connectivity index (χ2v) is 4.48. The highest BCUT2D eigenvalue weighted by Gasteiger charge is 2.17. The van der Waals surface area contributed by atoms with Gasteiger partial charge in [-0.05, 0) is 30.4 Å². The van der Waals surface area contributed by atoms with Crippen LogP contribution in [0.25, 0.3) is 0 Å². The normalized spacial score (nSPS) is 15.0. The largest absolute Gasteiger partial charge is 0.334 e. The summed E-state index contributed by atoms with van der Waals surface area (Å²) in [4.78, 5) is 13.7. The first-order valence-corrected chi connectivity index (χ1v) is 6.41. The maximum absolute atomic E-state index is 11.8. The van der Waals surface area contributed by atoms with E-state index >= 15 is 0 Å². The van der Waals surface area contributed by atoms with E-state index in [1.807, 2.05) is 17.0 Å². The van der Waals surface area contributed by atoms with Gasteiger partial charge in [0.25, 0.3) is 0 Å². The van der Waals surface area contributed by atoms with E-state index in [2.05, 4.69) is 24.4 Å². The van der Waals surface area contributed by atoms with Crippen LogP contribution in [-0.4, -0.2) is 24.0 Å². The van der Waals surface area contributed by atoms with Crippen molar-refractivity contribution in [1.29, 1.82) is 0 Å². The van der Waals surface area contributed by atoms with Crippen LogP contribution in [0, 0.1) is 0 Å². The van der Waals surface area contributed by atoms with Crippen LogP contribution in [0.1, 0.15) is 30.9 Å². The van der Waals surface area contributed by atoms with Gasteiger partial charge in [0.15, 0.2) is 0 Å². The second-order valence-electron chi connectivity index (χ2n) is 4.48. The summed E-state index contributed by atoms with van der Waals surface area (Å²) in [6, 6.07) is 8.36. The van der Waals surface area contributed by atoms with Crippen LogP contribution < -0.4 is 5.32 Å². The highest BCUT2D eigenvalue weighted by molar-refractivity contribution is 5.74. The summed E-state index contributed by atoms with van der Waals surface area (Å²) < 4.78 is 0. The standard InChI is InChI=1S/C14H20N2O/c1-2-12-7-3-4-8-13(12)11-15-14(17)16-9-5-6-10-16/h3-4,7-8H,2,5-6,9-11H2,1H3,(H,15,17). The minimum Gasteiger partial charge on any atom is -0.334 e. The molecule has 2 amide bonds. The Balaban J connectivity index is 1.90. The summed E-state index contributed by atoms with van der Waals surface area (Å²) in [5.41, 5.74) is 2.54. The molecular weight excluding hydrogens is 212 g/mol. The minimum atomic E-state index is 0.0772. The maximum atomic E-state index is 11.8. The molecule has 1 N–H and O–H groups in total. The molecule has 0 aliphatic carbocycles. The molecule has 1 aliphatic rings.